The maximum atomic E-state index is 13.0. The summed E-state index contributed by atoms with van der Waals surface area (Å²) in [6.07, 6.45) is 1.68. The molecule has 0 saturated heterocycles. The number of para-hydroxylation sites is 1. The molecule has 0 saturated carbocycles. The number of aromatic hydroxyl groups is 1. The van der Waals surface area contributed by atoms with Crippen LogP contribution in [0, 0.1) is 0 Å². The van der Waals surface area contributed by atoms with E-state index in [9.17, 15) is 15.0 Å². The maximum Gasteiger partial charge on any atom is 0.320 e. The number of aliphatic hydroxyl groups is 1. The number of aromatic nitrogens is 4. The number of urea groups is 1. The molecule has 3 aromatic carbocycles. The zero-order valence-corrected chi connectivity index (χ0v) is 24.1. The van der Waals surface area contributed by atoms with E-state index in [0.717, 1.165) is 32.1 Å². The number of carbonyl (C=O) groups is 1. The first-order chi connectivity index (χ1) is 20.2. The summed E-state index contributed by atoms with van der Waals surface area (Å²) in [5.41, 5.74) is 3.79. The van der Waals surface area contributed by atoms with Gasteiger partial charge in [-0.25, -0.2) is 14.5 Å². The van der Waals surface area contributed by atoms with Crippen molar-refractivity contribution in [2.75, 3.05) is 5.32 Å². The fourth-order valence-electron chi connectivity index (χ4n) is 4.57. The highest BCUT2D eigenvalue weighted by Crippen LogP contribution is 2.33. The van der Waals surface area contributed by atoms with Crippen molar-refractivity contribution in [2.45, 2.75) is 39.3 Å². The standard InChI is InChI=1S/C31H30N6O4S/c1-31(2,3)27-15-28(37(35-27)20-8-10-22(39)11-9-20)34-29(40)32-16-19-6-4-5-7-25(19)41-23-12-13-24-26(14-23)42-30-33-17-21(18-38)36(24)30/h4-15,17,38-39H,16,18H2,1-3H3,(H2,32,34,40). The first kappa shape index (κ1) is 27.3. The number of nitrogens with one attached hydrogen (secondary N) is 2. The number of fused-ring (bicyclic) bond motifs is 3. The third-order valence-corrected chi connectivity index (χ3v) is 7.81. The molecule has 0 aliphatic carbocycles. The van der Waals surface area contributed by atoms with Crippen molar-refractivity contribution >= 4 is 38.4 Å². The van der Waals surface area contributed by atoms with Crippen LogP contribution >= 0.6 is 11.3 Å². The van der Waals surface area contributed by atoms with E-state index in [-0.39, 0.29) is 24.3 Å². The molecule has 0 unspecified atom stereocenters. The van der Waals surface area contributed by atoms with E-state index in [4.69, 9.17) is 9.84 Å². The largest absolute Gasteiger partial charge is 0.508 e. The van der Waals surface area contributed by atoms with Crippen LogP contribution in [0.4, 0.5) is 10.6 Å². The van der Waals surface area contributed by atoms with Gasteiger partial charge in [0.1, 0.15) is 23.1 Å². The predicted octanol–water partition coefficient (Wildman–Crippen LogP) is 6.34. The van der Waals surface area contributed by atoms with Crippen molar-refractivity contribution < 1.29 is 19.7 Å². The fourth-order valence-corrected chi connectivity index (χ4v) is 5.62. The molecule has 0 radical (unpaired) electrons. The lowest BCUT2D eigenvalue weighted by molar-refractivity contribution is 0.251. The molecule has 0 aliphatic rings. The van der Waals surface area contributed by atoms with Crippen molar-refractivity contribution in [3.8, 4) is 22.9 Å². The van der Waals surface area contributed by atoms with Crippen LogP contribution in [0.3, 0.4) is 0 Å². The van der Waals surface area contributed by atoms with Gasteiger partial charge in [0.25, 0.3) is 0 Å². The van der Waals surface area contributed by atoms with Gasteiger partial charge in [0.15, 0.2) is 4.96 Å². The molecule has 0 spiro atoms. The number of ether oxygens (including phenoxy) is 1. The fraction of sp³-hybridized carbons (Fsp3) is 0.194. The van der Waals surface area contributed by atoms with Crippen LogP contribution in [-0.2, 0) is 18.6 Å². The van der Waals surface area contributed by atoms with Gasteiger partial charge in [0.2, 0.25) is 0 Å². The average molecular weight is 583 g/mol. The van der Waals surface area contributed by atoms with Crippen LogP contribution in [0.15, 0.2) is 79.0 Å². The topological polar surface area (TPSA) is 126 Å². The highest BCUT2D eigenvalue weighted by atomic mass is 32.1. The third-order valence-electron chi connectivity index (χ3n) is 6.79. The van der Waals surface area contributed by atoms with Crippen LogP contribution < -0.4 is 15.4 Å². The van der Waals surface area contributed by atoms with Crippen molar-refractivity contribution in [3.63, 3.8) is 0 Å². The van der Waals surface area contributed by atoms with E-state index in [0.29, 0.717) is 23.0 Å². The minimum atomic E-state index is -0.395. The van der Waals surface area contributed by atoms with Crippen molar-refractivity contribution in [3.05, 3.63) is 95.9 Å². The number of phenols is 1. The SMILES string of the molecule is CC(C)(C)c1cc(NC(=O)NCc2ccccc2Oc2ccc3c(c2)sc2ncc(CO)n23)n(-c2ccc(O)cc2)n1. The first-order valence-corrected chi connectivity index (χ1v) is 14.2. The van der Waals surface area contributed by atoms with Crippen LogP contribution in [0.5, 0.6) is 17.2 Å². The molecule has 0 atom stereocenters. The Kier molecular flexibility index (Phi) is 7.05. The van der Waals surface area contributed by atoms with Gasteiger partial charge in [-0.3, -0.25) is 9.72 Å². The molecule has 10 nitrogen and oxygen atoms in total. The van der Waals surface area contributed by atoms with Gasteiger partial charge < -0.3 is 20.3 Å². The molecule has 0 fully saturated rings. The molecular weight excluding hydrogens is 552 g/mol. The average Bonchev–Trinajstić information content (AvgIpc) is 3.66. The summed E-state index contributed by atoms with van der Waals surface area (Å²) in [4.78, 5) is 18.2. The van der Waals surface area contributed by atoms with E-state index >= 15 is 0 Å². The number of carbonyl (C=O) groups excluding carboxylic acids is 1. The Morgan fingerprint density at radius 3 is 2.60 bits per heavy atom. The highest BCUT2D eigenvalue weighted by molar-refractivity contribution is 7.23. The minimum Gasteiger partial charge on any atom is -0.508 e. The first-order valence-electron chi connectivity index (χ1n) is 13.4. The van der Waals surface area contributed by atoms with Crippen LogP contribution in [0.1, 0.15) is 37.7 Å². The molecule has 214 valence electrons. The number of phenolic OH excluding ortho intramolecular Hbond substituents is 1. The van der Waals surface area contributed by atoms with E-state index in [1.165, 1.54) is 11.3 Å². The number of aliphatic hydroxyl groups excluding tert-OH is 1. The molecule has 6 rings (SSSR count). The van der Waals surface area contributed by atoms with Crippen LogP contribution in [0.25, 0.3) is 20.9 Å². The monoisotopic (exact) mass is 582 g/mol. The van der Waals surface area contributed by atoms with Crippen LogP contribution in [-0.4, -0.2) is 35.4 Å². The van der Waals surface area contributed by atoms with Gasteiger partial charge in [-0.15, -0.1) is 0 Å². The minimum absolute atomic E-state index is 0.0872. The molecule has 3 aromatic heterocycles. The number of hydrogen-bond donors (Lipinski definition) is 4. The second-order valence-corrected chi connectivity index (χ2v) is 11.9. The number of nitrogens with zero attached hydrogens (tertiary/aromatic N) is 4. The van der Waals surface area contributed by atoms with E-state index < -0.39 is 6.03 Å². The second-order valence-electron chi connectivity index (χ2n) is 10.9. The van der Waals surface area contributed by atoms with Gasteiger partial charge in [-0.05, 0) is 42.5 Å². The molecule has 11 heteroatoms. The lowest BCUT2D eigenvalue weighted by Crippen LogP contribution is -2.29. The van der Waals surface area contributed by atoms with E-state index in [1.54, 1.807) is 35.1 Å². The van der Waals surface area contributed by atoms with Crippen LogP contribution in [0.2, 0.25) is 0 Å². The highest BCUT2D eigenvalue weighted by Gasteiger charge is 2.22. The lowest BCUT2D eigenvalue weighted by Gasteiger charge is -2.14. The number of thiazole rings is 1. The second kappa shape index (κ2) is 10.8. The zero-order chi connectivity index (χ0) is 29.4. The molecule has 4 N–H and O–H groups in total. The van der Waals surface area contributed by atoms with Crippen molar-refractivity contribution in [2.24, 2.45) is 0 Å². The molecular formula is C31H30N6O4S. The molecule has 2 amide bonds. The quantitative estimate of drug-likeness (QED) is 0.174. The molecule has 0 aliphatic heterocycles. The normalized spacial score (nSPS) is 11.7. The van der Waals surface area contributed by atoms with Gasteiger partial charge >= 0.3 is 6.03 Å². The molecule has 3 heterocycles. The van der Waals surface area contributed by atoms with Crippen molar-refractivity contribution in [1.29, 1.82) is 0 Å². The molecule has 42 heavy (non-hydrogen) atoms. The predicted molar refractivity (Wildman–Crippen MR) is 163 cm³/mol. The summed E-state index contributed by atoms with van der Waals surface area (Å²) in [5.74, 6) is 1.93. The zero-order valence-electron chi connectivity index (χ0n) is 23.3. The number of rotatable bonds is 7. The van der Waals surface area contributed by atoms with Gasteiger partial charge in [0.05, 0.1) is 40.1 Å². The number of imidazole rings is 1. The smallest absolute Gasteiger partial charge is 0.320 e. The lowest BCUT2D eigenvalue weighted by atomic mass is 9.92. The Bertz CT molecular complexity index is 1900. The molecule has 0 bridgehead atoms. The summed E-state index contributed by atoms with van der Waals surface area (Å²) in [6, 6.07) is 21.4. The van der Waals surface area contributed by atoms with Gasteiger partial charge in [0, 0.05) is 29.7 Å². The number of benzene rings is 3. The van der Waals surface area contributed by atoms with Gasteiger partial charge in [-0.1, -0.05) is 50.3 Å². The number of hydrogen-bond acceptors (Lipinski definition) is 7. The summed E-state index contributed by atoms with van der Waals surface area (Å²) in [5, 5.41) is 29.9. The summed E-state index contributed by atoms with van der Waals surface area (Å²) < 4.78 is 10.8. The number of anilines is 1. The summed E-state index contributed by atoms with van der Waals surface area (Å²) >= 11 is 1.52. The van der Waals surface area contributed by atoms with E-state index in [1.807, 2.05) is 52.9 Å². The van der Waals surface area contributed by atoms with E-state index in [2.05, 4.69) is 36.4 Å². The van der Waals surface area contributed by atoms with Crippen molar-refractivity contribution in [1.82, 2.24) is 24.5 Å². The number of amides is 2. The Morgan fingerprint density at radius 1 is 1.05 bits per heavy atom. The Labute approximate surface area is 245 Å². The molecule has 6 aromatic rings. The third kappa shape index (κ3) is 5.39. The Hall–Kier alpha value is -4.87. The maximum absolute atomic E-state index is 13.0. The van der Waals surface area contributed by atoms with Gasteiger partial charge in [-0.2, -0.15) is 5.10 Å². The summed E-state index contributed by atoms with van der Waals surface area (Å²) in [7, 11) is 0. The Balaban J connectivity index is 1.18. The summed E-state index contributed by atoms with van der Waals surface area (Å²) in [6.45, 7) is 6.31. The Morgan fingerprint density at radius 2 is 1.83 bits per heavy atom.